The maximum Gasteiger partial charge on any atom is 0.491 e. The molecule has 2 aromatic carbocycles. The Morgan fingerprint density at radius 1 is 1.19 bits per heavy atom. The third-order valence-corrected chi connectivity index (χ3v) is 4.42. The van der Waals surface area contributed by atoms with Crippen molar-refractivity contribution < 1.29 is 19.2 Å². The van der Waals surface area contributed by atoms with Gasteiger partial charge in [0.2, 0.25) is 0 Å². The standard InChI is InChI=1S/C19H18BFN2O3/c21-19-15(2-1-3-17(19)20(25)26)16(10-22)18(24)9-12-4-5-14-11-23-7-6-13(14)8-12/h1-8,11,16,25-26H,9-10,22H2. The van der Waals surface area contributed by atoms with Gasteiger partial charge in [-0.15, -0.1) is 0 Å². The molecule has 0 spiro atoms. The van der Waals surface area contributed by atoms with Crippen LogP contribution in [0.3, 0.4) is 0 Å². The van der Waals surface area contributed by atoms with Crippen LogP contribution in [0.25, 0.3) is 10.8 Å². The zero-order valence-corrected chi connectivity index (χ0v) is 14.0. The number of aromatic nitrogens is 1. The number of hydrogen-bond donors (Lipinski definition) is 3. The van der Waals surface area contributed by atoms with Gasteiger partial charge in [-0.1, -0.05) is 36.4 Å². The number of rotatable bonds is 6. The highest BCUT2D eigenvalue weighted by Gasteiger charge is 2.26. The molecule has 5 nitrogen and oxygen atoms in total. The number of pyridine rings is 1. The smallest absolute Gasteiger partial charge is 0.423 e. The van der Waals surface area contributed by atoms with E-state index in [4.69, 9.17) is 5.73 Å². The minimum Gasteiger partial charge on any atom is -0.423 e. The second-order valence-electron chi connectivity index (χ2n) is 6.11. The van der Waals surface area contributed by atoms with Gasteiger partial charge in [0.05, 0.1) is 5.92 Å². The number of benzene rings is 2. The Morgan fingerprint density at radius 2 is 2.00 bits per heavy atom. The van der Waals surface area contributed by atoms with E-state index in [9.17, 15) is 19.2 Å². The summed E-state index contributed by atoms with van der Waals surface area (Å²) >= 11 is 0. The third kappa shape index (κ3) is 3.65. The van der Waals surface area contributed by atoms with Crippen LogP contribution in [-0.4, -0.2) is 34.5 Å². The topological polar surface area (TPSA) is 96.4 Å². The zero-order valence-electron chi connectivity index (χ0n) is 14.0. The normalized spacial score (nSPS) is 12.2. The molecule has 0 aliphatic carbocycles. The van der Waals surface area contributed by atoms with Crippen molar-refractivity contribution in [1.29, 1.82) is 0 Å². The molecule has 0 fully saturated rings. The summed E-state index contributed by atoms with van der Waals surface area (Å²) in [5, 5.41) is 20.4. The Balaban J connectivity index is 1.88. The molecular formula is C19H18BFN2O3. The van der Waals surface area contributed by atoms with Crippen molar-refractivity contribution in [3.63, 3.8) is 0 Å². The van der Waals surface area contributed by atoms with Crippen LogP contribution < -0.4 is 11.2 Å². The van der Waals surface area contributed by atoms with Gasteiger partial charge in [0.25, 0.3) is 0 Å². The molecule has 7 heteroatoms. The third-order valence-electron chi connectivity index (χ3n) is 4.42. The van der Waals surface area contributed by atoms with Gasteiger partial charge in [-0.2, -0.15) is 0 Å². The quantitative estimate of drug-likeness (QED) is 0.573. The lowest BCUT2D eigenvalue weighted by Gasteiger charge is -2.17. The van der Waals surface area contributed by atoms with Gasteiger partial charge in [0.1, 0.15) is 11.6 Å². The lowest BCUT2D eigenvalue weighted by Crippen LogP contribution is -2.35. The largest absolute Gasteiger partial charge is 0.491 e. The summed E-state index contributed by atoms with van der Waals surface area (Å²) in [6.45, 7) is -0.0712. The van der Waals surface area contributed by atoms with Crippen LogP contribution in [0.15, 0.2) is 54.9 Å². The van der Waals surface area contributed by atoms with Crippen LogP contribution in [0.4, 0.5) is 4.39 Å². The molecule has 4 N–H and O–H groups in total. The molecule has 0 radical (unpaired) electrons. The summed E-state index contributed by atoms with van der Waals surface area (Å²) in [7, 11) is -1.95. The number of ketones is 1. The van der Waals surface area contributed by atoms with Gasteiger partial charge >= 0.3 is 7.12 Å². The summed E-state index contributed by atoms with van der Waals surface area (Å²) in [5.74, 6) is -1.90. The molecule has 1 unspecified atom stereocenters. The highest BCUT2D eigenvalue weighted by molar-refractivity contribution is 6.58. The monoisotopic (exact) mass is 352 g/mol. The summed E-state index contributed by atoms with van der Waals surface area (Å²) < 4.78 is 14.5. The maximum atomic E-state index is 14.5. The molecular weight excluding hydrogens is 334 g/mol. The van der Waals surface area contributed by atoms with Crippen molar-refractivity contribution in [2.75, 3.05) is 6.54 Å². The molecule has 3 aromatic rings. The zero-order chi connectivity index (χ0) is 18.7. The molecule has 132 valence electrons. The van der Waals surface area contributed by atoms with Crippen LogP contribution in [-0.2, 0) is 11.2 Å². The van der Waals surface area contributed by atoms with E-state index >= 15 is 0 Å². The van der Waals surface area contributed by atoms with E-state index in [0.29, 0.717) is 0 Å². The second kappa shape index (κ2) is 7.74. The van der Waals surface area contributed by atoms with Crippen molar-refractivity contribution in [3.8, 4) is 0 Å². The van der Waals surface area contributed by atoms with Gasteiger partial charge in [-0.3, -0.25) is 9.78 Å². The first kappa shape index (κ1) is 18.2. The molecule has 1 aromatic heterocycles. The minimum absolute atomic E-state index is 0.0712. The average Bonchev–Trinajstić information content (AvgIpc) is 2.63. The first-order chi connectivity index (χ1) is 12.5. The van der Waals surface area contributed by atoms with Crippen LogP contribution in [0, 0.1) is 5.82 Å². The highest BCUT2D eigenvalue weighted by Crippen LogP contribution is 2.22. The van der Waals surface area contributed by atoms with E-state index in [1.807, 2.05) is 24.3 Å². The van der Waals surface area contributed by atoms with Gasteiger partial charge in [0, 0.05) is 36.2 Å². The van der Waals surface area contributed by atoms with Gasteiger partial charge in [0.15, 0.2) is 0 Å². The Morgan fingerprint density at radius 3 is 2.73 bits per heavy atom. The van der Waals surface area contributed by atoms with E-state index in [0.717, 1.165) is 16.3 Å². The number of nitrogens with zero attached hydrogens (tertiary/aromatic N) is 1. The molecule has 0 saturated heterocycles. The Labute approximate surface area is 150 Å². The van der Waals surface area contributed by atoms with E-state index < -0.39 is 18.9 Å². The number of carbonyl (C=O) groups excluding carboxylic acids is 1. The van der Waals surface area contributed by atoms with Gasteiger partial charge < -0.3 is 15.8 Å². The Kier molecular flexibility index (Phi) is 5.42. The molecule has 0 aliphatic heterocycles. The molecule has 1 heterocycles. The number of nitrogens with two attached hydrogens (primary N) is 1. The fourth-order valence-corrected chi connectivity index (χ4v) is 3.04. The predicted molar refractivity (Wildman–Crippen MR) is 98.5 cm³/mol. The lowest BCUT2D eigenvalue weighted by molar-refractivity contribution is -0.119. The summed E-state index contributed by atoms with van der Waals surface area (Å²) in [6, 6.07) is 11.7. The van der Waals surface area contributed by atoms with Crippen LogP contribution >= 0.6 is 0 Å². The molecule has 3 rings (SSSR count). The summed E-state index contributed by atoms with van der Waals surface area (Å²) in [5.41, 5.74) is 6.33. The second-order valence-corrected chi connectivity index (χ2v) is 6.11. The summed E-state index contributed by atoms with van der Waals surface area (Å²) in [6.07, 6.45) is 3.52. The van der Waals surface area contributed by atoms with Crippen molar-refractivity contribution in [2.24, 2.45) is 5.73 Å². The number of Topliss-reactive ketones (excluding diaryl/α,β-unsaturated/α-hetero) is 1. The molecule has 0 amide bonds. The first-order valence-electron chi connectivity index (χ1n) is 8.21. The van der Waals surface area contributed by atoms with E-state index in [1.165, 1.54) is 18.2 Å². The van der Waals surface area contributed by atoms with E-state index in [-0.39, 0.29) is 29.8 Å². The molecule has 0 bridgehead atoms. The minimum atomic E-state index is -1.95. The number of carbonyl (C=O) groups is 1. The highest BCUT2D eigenvalue weighted by atomic mass is 19.1. The number of halogens is 1. The van der Waals surface area contributed by atoms with Crippen LogP contribution in [0.2, 0.25) is 0 Å². The molecule has 0 saturated carbocycles. The Bertz CT molecular complexity index is 949. The predicted octanol–water partition coefficient (Wildman–Crippen LogP) is 0.908. The fourth-order valence-electron chi connectivity index (χ4n) is 3.04. The Hall–Kier alpha value is -2.61. The van der Waals surface area contributed by atoms with Gasteiger partial charge in [-0.25, -0.2) is 4.39 Å². The maximum absolute atomic E-state index is 14.5. The SMILES string of the molecule is NCC(C(=O)Cc1ccc2cnccc2c1)c1cccc(B(O)O)c1F. The van der Waals surface area contributed by atoms with Crippen molar-refractivity contribution in [1.82, 2.24) is 4.98 Å². The van der Waals surface area contributed by atoms with Crippen LogP contribution in [0.1, 0.15) is 17.0 Å². The molecule has 26 heavy (non-hydrogen) atoms. The van der Waals surface area contributed by atoms with E-state index in [2.05, 4.69) is 4.98 Å². The average molecular weight is 352 g/mol. The fraction of sp³-hybridized carbons (Fsp3) is 0.158. The lowest BCUT2D eigenvalue weighted by atomic mass is 9.77. The first-order valence-corrected chi connectivity index (χ1v) is 8.21. The van der Waals surface area contributed by atoms with E-state index in [1.54, 1.807) is 12.4 Å². The van der Waals surface area contributed by atoms with Crippen LogP contribution in [0.5, 0.6) is 0 Å². The number of hydrogen-bond acceptors (Lipinski definition) is 5. The van der Waals surface area contributed by atoms with Crippen molar-refractivity contribution in [2.45, 2.75) is 12.3 Å². The molecule has 1 atom stereocenters. The van der Waals surface area contributed by atoms with Crippen molar-refractivity contribution >= 4 is 29.1 Å². The summed E-state index contributed by atoms with van der Waals surface area (Å²) in [4.78, 5) is 16.8. The molecule has 0 aliphatic rings. The number of fused-ring (bicyclic) bond motifs is 1. The van der Waals surface area contributed by atoms with Crippen molar-refractivity contribution in [3.05, 3.63) is 71.8 Å². The van der Waals surface area contributed by atoms with Gasteiger partial charge in [-0.05, 0) is 22.6 Å².